The average Bonchev–Trinajstić information content (AvgIpc) is 2.82. The fourth-order valence-corrected chi connectivity index (χ4v) is 3.34. The molecule has 0 bridgehead atoms. The summed E-state index contributed by atoms with van der Waals surface area (Å²) in [4.78, 5) is 46.0. The van der Waals surface area contributed by atoms with Crippen LogP contribution in [-0.4, -0.2) is 71.0 Å². The van der Waals surface area contributed by atoms with Gasteiger partial charge >= 0.3 is 6.09 Å². The maximum Gasteiger partial charge on any atom is 0.412 e. The Kier molecular flexibility index (Phi) is 10.2. The maximum absolute atomic E-state index is 12.9. The van der Waals surface area contributed by atoms with Gasteiger partial charge in [0.25, 0.3) is 11.8 Å². The Labute approximate surface area is 207 Å². The van der Waals surface area contributed by atoms with Gasteiger partial charge in [0.2, 0.25) is 0 Å². The average molecular weight is 484 g/mol. The second-order valence-electron chi connectivity index (χ2n) is 8.97. The van der Waals surface area contributed by atoms with Crippen LogP contribution in [0.5, 0.6) is 0 Å². The molecule has 35 heavy (non-hydrogen) atoms. The normalized spacial score (nSPS) is 11.2. The summed E-state index contributed by atoms with van der Waals surface area (Å²) < 4.78 is 5.28. The van der Waals surface area contributed by atoms with Gasteiger partial charge in [0.15, 0.2) is 0 Å². The van der Waals surface area contributed by atoms with Crippen molar-refractivity contribution in [2.24, 2.45) is 0 Å². The molecule has 2 aromatic rings. The van der Waals surface area contributed by atoms with Crippen LogP contribution in [0.3, 0.4) is 0 Å². The van der Waals surface area contributed by atoms with Gasteiger partial charge in [-0.15, -0.1) is 0 Å². The third-order valence-corrected chi connectivity index (χ3v) is 5.30. The van der Waals surface area contributed by atoms with Crippen LogP contribution < -0.4 is 10.6 Å². The Balaban J connectivity index is 2.06. The molecule has 0 aliphatic carbocycles. The first kappa shape index (κ1) is 27.8. The van der Waals surface area contributed by atoms with Gasteiger partial charge in [-0.25, -0.2) is 4.79 Å². The number of aromatic nitrogens is 1. The molecule has 2 rings (SSSR count). The monoisotopic (exact) mass is 483 g/mol. The SMILES string of the molecule is CCN(CC)CCN(CC)C(=O)c1ccc(C(=O)Nc2ccccc2NC(=O)OC(C)(C)C)nc1. The van der Waals surface area contributed by atoms with Gasteiger partial charge in [-0.1, -0.05) is 26.0 Å². The number of ether oxygens (including phenoxy) is 1. The maximum atomic E-state index is 12.9. The van der Waals surface area contributed by atoms with Crippen LogP contribution in [0.15, 0.2) is 42.6 Å². The van der Waals surface area contributed by atoms with Gasteiger partial charge in [-0.05, 0) is 65.0 Å². The molecule has 9 nitrogen and oxygen atoms in total. The number of nitrogens with one attached hydrogen (secondary N) is 2. The third kappa shape index (κ3) is 8.68. The number of amides is 3. The highest BCUT2D eigenvalue weighted by molar-refractivity contribution is 6.06. The number of hydrogen-bond donors (Lipinski definition) is 2. The van der Waals surface area contributed by atoms with Crippen molar-refractivity contribution in [2.75, 3.05) is 43.4 Å². The molecule has 0 aliphatic rings. The molecule has 0 saturated carbocycles. The van der Waals surface area contributed by atoms with Gasteiger partial charge in [0.1, 0.15) is 11.3 Å². The van der Waals surface area contributed by atoms with E-state index in [1.807, 2.05) is 6.92 Å². The summed E-state index contributed by atoms with van der Waals surface area (Å²) in [5.74, 6) is -0.581. The van der Waals surface area contributed by atoms with E-state index >= 15 is 0 Å². The fraction of sp³-hybridized carbons (Fsp3) is 0.462. The Hall–Kier alpha value is -3.46. The fourth-order valence-electron chi connectivity index (χ4n) is 3.34. The van der Waals surface area contributed by atoms with Crippen molar-refractivity contribution in [3.8, 4) is 0 Å². The molecular formula is C26H37N5O4. The number of rotatable bonds is 10. The van der Waals surface area contributed by atoms with E-state index in [4.69, 9.17) is 4.74 Å². The minimum absolute atomic E-state index is 0.119. The first-order valence-electron chi connectivity index (χ1n) is 12.0. The lowest BCUT2D eigenvalue weighted by molar-refractivity contribution is 0.0635. The minimum atomic E-state index is -0.649. The Bertz CT molecular complexity index is 998. The van der Waals surface area contributed by atoms with Gasteiger partial charge in [0.05, 0.1) is 16.9 Å². The zero-order valence-corrected chi connectivity index (χ0v) is 21.6. The van der Waals surface area contributed by atoms with Crippen molar-refractivity contribution >= 4 is 29.3 Å². The summed E-state index contributed by atoms with van der Waals surface area (Å²) in [6.45, 7) is 15.3. The molecule has 0 unspecified atom stereocenters. The first-order chi connectivity index (χ1) is 16.6. The number of para-hydroxylation sites is 2. The zero-order chi connectivity index (χ0) is 26.0. The van der Waals surface area contributed by atoms with Gasteiger partial charge in [0, 0.05) is 25.8 Å². The Morgan fingerprint density at radius 1 is 0.886 bits per heavy atom. The molecule has 1 aromatic heterocycles. The van der Waals surface area contributed by atoms with Crippen LogP contribution in [0, 0.1) is 0 Å². The van der Waals surface area contributed by atoms with Crippen molar-refractivity contribution in [3.05, 3.63) is 53.9 Å². The van der Waals surface area contributed by atoms with E-state index in [1.54, 1.807) is 56.0 Å². The predicted molar refractivity (Wildman–Crippen MR) is 138 cm³/mol. The van der Waals surface area contributed by atoms with E-state index < -0.39 is 17.6 Å². The van der Waals surface area contributed by atoms with E-state index in [2.05, 4.69) is 34.4 Å². The summed E-state index contributed by atoms with van der Waals surface area (Å²) in [6.07, 6.45) is 0.795. The summed E-state index contributed by atoms with van der Waals surface area (Å²) in [6, 6.07) is 9.92. The number of hydrogen-bond acceptors (Lipinski definition) is 6. The number of nitrogens with zero attached hydrogens (tertiary/aromatic N) is 3. The molecule has 0 saturated heterocycles. The number of carbonyl (C=O) groups excluding carboxylic acids is 3. The molecule has 3 amide bonds. The van der Waals surface area contributed by atoms with Crippen LogP contribution in [0.4, 0.5) is 16.2 Å². The van der Waals surface area contributed by atoms with Crippen molar-refractivity contribution in [1.82, 2.24) is 14.8 Å². The molecule has 1 aromatic carbocycles. The standard InChI is InChI=1S/C26H37N5O4/c1-7-30(8-2)16-17-31(9-3)24(33)19-14-15-22(27-18-19)23(32)28-20-12-10-11-13-21(20)29-25(34)35-26(4,5)6/h10-15,18H,7-9,16-17H2,1-6H3,(H,28,32)(H,29,34). The van der Waals surface area contributed by atoms with Crippen molar-refractivity contribution in [1.29, 1.82) is 0 Å². The highest BCUT2D eigenvalue weighted by Gasteiger charge is 2.19. The van der Waals surface area contributed by atoms with Crippen LogP contribution >= 0.6 is 0 Å². The molecule has 190 valence electrons. The van der Waals surface area contributed by atoms with Crippen molar-refractivity contribution in [3.63, 3.8) is 0 Å². The Morgan fingerprint density at radius 2 is 1.51 bits per heavy atom. The smallest absolute Gasteiger partial charge is 0.412 e. The van der Waals surface area contributed by atoms with Crippen molar-refractivity contribution in [2.45, 2.75) is 47.1 Å². The summed E-state index contributed by atoms with van der Waals surface area (Å²) in [5, 5.41) is 5.40. The second-order valence-corrected chi connectivity index (χ2v) is 8.97. The molecule has 0 atom stereocenters. The molecule has 1 heterocycles. The molecule has 0 spiro atoms. The first-order valence-corrected chi connectivity index (χ1v) is 12.0. The van der Waals surface area contributed by atoms with Crippen LogP contribution in [0.25, 0.3) is 0 Å². The van der Waals surface area contributed by atoms with Crippen LogP contribution in [0.1, 0.15) is 62.4 Å². The lowest BCUT2D eigenvalue weighted by atomic mass is 10.2. The molecule has 9 heteroatoms. The summed E-state index contributed by atoms with van der Waals surface area (Å²) in [7, 11) is 0. The second kappa shape index (κ2) is 12.9. The number of carbonyl (C=O) groups is 3. The topological polar surface area (TPSA) is 104 Å². The lowest BCUT2D eigenvalue weighted by Gasteiger charge is -2.25. The van der Waals surface area contributed by atoms with Gasteiger partial charge in [-0.2, -0.15) is 0 Å². The lowest BCUT2D eigenvalue weighted by Crippen LogP contribution is -2.38. The summed E-state index contributed by atoms with van der Waals surface area (Å²) >= 11 is 0. The highest BCUT2D eigenvalue weighted by Crippen LogP contribution is 2.22. The molecule has 0 radical (unpaired) electrons. The number of anilines is 2. The minimum Gasteiger partial charge on any atom is -0.444 e. The van der Waals surface area contributed by atoms with Crippen LogP contribution in [0.2, 0.25) is 0 Å². The zero-order valence-electron chi connectivity index (χ0n) is 21.6. The largest absolute Gasteiger partial charge is 0.444 e. The molecular weight excluding hydrogens is 446 g/mol. The van der Waals surface area contributed by atoms with E-state index in [1.165, 1.54) is 12.3 Å². The third-order valence-electron chi connectivity index (χ3n) is 5.30. The van der Waals surface area contributed by atoms with Crippen LogP contribution in [-0.2, 0) is 4.74 Å². The van der Waals surface area contributed by atoms with Crippen molar-refractivity contribution < 1.29 is 19.1 Å². The molecule has 2 N–H and O–H groups in total. The number of benzene rings is 1. The summed E-state index contributed by atoms with van der Waals surface area (Å²) in [5.41, 5.74) is 0.728. The molecule has 0 aliphatic heterocycles. The van der Waals surface area contributed by atoms with Gasteiger partial charge in [-0.3, -0.25) is 19.9 Å². The predicted octanol–water partition coefficient (Wildman–Crippen LogP) is 4.48. The highest BCUT2D eigenvalue weighted by atomic mass is 16.6. The van der Waals surface area contributed by atoms with E-state index in [0.29, 0.717) is 30.0 Å². The number of likely N-dealkylation sites (N-methyl/N-ethyl adjacent to an activating group) is 2. The Morgan fingerprint density at radius 3 is 2.03 bits per heavy atom. The number of pyridine rings is 1. The van der Waals surface area contributed by atoms with E-state index in [-0.39, 0.29) is 11.6 Å². The van der Waals surface area contributed by atoms with Gasteiger partial charge < -0.3 is 19.9 Å². The molecule has 0 fully saturated rings. The quantitative estimate of drug-likeness (QED) is 0.516. The van der Waals surface area contributed by atoms with E-state index in [0.717, 1.165) is 19.6 Å². The van der Waals surface area contributed by atoms with E-state index in [9.17, 15) is 14.4 Å².